The molecule has 0 radical (unpaired) electrons. The molecule has 1 aliphatic carbocycles. The van der Waals surface area contributed by atoms with Crippen LogP contribution in [0, 0.1) is 17.6 Å². The molecular weight excluding hydrogens is 495 g/mol. The molecule has 1 aliphatic heterocycles. The van der Waals surface area contributed by atoms with Gasteiger partial charge in [0.1, 0.15) is 17.2 Å². The molecule has 0 amide bonds. The molecule has 1 fully saturated rings. The molecule has 2 aromatic carbocycles. The lowest BCUT2D eigenvalue weighted by atomic mass is 10.1. The van der Waals surface area contributed by atoms with Crippen molar-refractivity contribution in [3.63, 3.8) is 0 Å². The van der Waals surface area contributed by atoms with Gasteiger partial charge in [0.15, 0.2) is 0 Å². The van der Waals surface area contributed by atoms with Crippen LogP contribution in [0.5, 0.6) is 0 Å². The maximum atomic E-state index is 14.1. The van der Waals surface area contributed by atoms with Gasteiger partial charge in [0.05, 0.1) is 10.8 Å². The van der Waals surface area contributed by atoms with Gasteiger partial charge >= 0.3 is 12.1 Å². The second-order valence-electron chi connectivity index (χ2n) is 9.06. The number of piperazine rings is 1. The van der Waals surface area contributed by atoms with Crippen molar-refractivity contribution in [2.45, 2.75) is 49.8 Å². The van der Waals surface area contributed by atoms with Crippen molar-refractivity contribution in [2.75, 3.05) is 18.0 Å². The third kappa shape index (κ3) is 4.49. The fourth-order valence-corrected chi connectivity index (χ4v) is 7.24. The second-order valence-corrected chi connectivity index (χ2v) is 10.9. The topological polar surface area (TPSA) is 77.9 Å². The first kappa shape index (κ1) is 25.4. The number of hydrogen-bond acceptors (Lipinski definition) is 4. The van der Waals surface area contributed by atoms with Crippen molar-refractivity contribution in [3.05, 3.63) is 58.7 Å². The fourth-order valence-electron chi connectivity index (χ4n) is 5.15. The van der Waals surface area contributed by atoms with Gasteiger partial charge in [-0.2, -0.15) is 17.5 Å². The Morgan fingerprint density at radius 2 is 1.60 bits per heavy atom. The number of benzene rings is 2. The summed E-state index contributed by atoms with van der Waals surface area (Å²) in [6.07, 6.45) is -4.86. The highest BCUT2D eigenvalue weighted by atomic mass is 32.2. The number of carboxylic acid groups (broad SMARTS) is 1. The molecule has 0 bridgehead atoms. The molecule has 6 nitrogen and oxygen atoms in total. The predicted molar refractivity (Wildman–Crippen MR) is 116 cm³/mol. The molecule has 3 unspecified atom stereocenters. The van der Waals surface area contributed by atoms with Crippen LogP contribution in [0.2, 0.25) is 0 Å². The first-order valence-electron chi connectivity index (χ1n) is 10.9. The summed E-state index contributed by atoms with van der Waals surface area (Å²) in [5, 5.41) is 9.37. The van der Waals surface area contributed by atoms with E-state index >= 15 is 0 Å². The van der Waals surface area contributed by atoms with Crippen molar-refractivity contribution in [1.82, 2.24) is 4.31 Å². The van der Waals surface area contributed by atoms with E-state index in [9.17, 15) is 40.3 Å². The Balaban J connectivity index is 1.63. The van der Waals surface area contributed by atoms with E-state index in [2.05, 4.69) is 0 Å². The zero-order chi connectivity index (χ0) is 25.9. The van der Waals surface area contributed by atoms with E-state index in [-0.39, 0.29) is 36.5 Å². The quantitative estimate of drug-likeness (QED) is 0.618. The van der Waals surface area contributed by atoms with E-state index in [0.717, 1.165) is 0 Å². The molecule has 2 aliphatic rings. The Morgan fingerprint density at radius 1 is 1.03 bits per heavy atom. The number of aliphatic carboxylic acids is 1. The highest BCUT2D eigenvalue weighted by Crippen LogP contribution is 2.38. The molecule has 0 spiro atoms. The summed E-state index contributed by atoms with van der Waals surface area (Å²) in [5.74, 6) is -5.19. The van der Waals surface area contributed by atoms with Gasteiger partial charge < -0.3 is 10.0 Å². The summed E-state index contributed by atoms with van der Waals surface area (Å²) in [4.78, 5) is 12.9. The zero-order valence-electron chi connectivity index (χ0n) is 18.8. The number of alkyl halides is 3. The van der Waals surface area contributed by atoms with Gasteiger partial charge in [-0.25, -0.2) is 17.2 Å². The molecule has 35 heavy (non-hydrogen) atoms. The van der Waals surface area contributed by atoms with Crippen molar-refractivity contribution in [1.29, 1.82) is 0 Å². The first-order chi connectivity index (χ1) is 16.2. The Morgan fingerprint density at radius 3 is 2.11 bits per heavy atom. The van der Waals surface area contributed by atoms with Crippen LogP contribution in [0.1, 0.15) is 30.5 Å². The highest BCUT2D eigenvalue weighted by molar-refractivity contribution is 7.89. The van der Waals surface area contributed by atoms with Crippen LogP contribution in [0.25, 0.3) is 0 Å². The van der Waals surface area contributed by atoms with Gasteiger partial charge in [-0.05, 0) is 56.0 Å². The SMILES string of the molecule is CC1CN(c2cc(F)c(C(F)(F)F)c(F)c2)CC(C)N1S(=O)(=O)c1cccc2c1CC(C(=O)O)C2. The lowest BCUT2D eigenvalue weighted by molar-refractivity contribution is -0.143. The Hall–Kier alpha value is -2.73. The number of carbonyl (C=O) groups is 1. The molecule has 0 aromatic heterocycles. The number of fused-ring (bicyclic) bond motifs is 1. The van der Waals surface area contributed by atoms with Crippen molar-refractivity contribution in [2.24, 2.45) is 5.92 Å². The summed E-state index contributed by atoms with van der Waals surface area (Å²) in [6, 6.07) is 4.53. The summed E-state index contributed by atoms with van der Waals surface area (Å²) >= 11 is 0. The summed E-state index contributed by atoms with van der Waals surface area (Å²) in [7, 11) is -4.07. The molecule has 12 heteroatoms. The van der Waals surface area contributed by atoms with Crippen LogP contribution >= 0.6 is 0 Å². The van der Waals surface area contributed by atoms with Crippen molar-refractivity contribution < 1.29 is 40.3 Å². The number of anilines is 1. The van der Waals surface area contributed by atoms with Crippen LogP contribution in [0.15, 0.2) is 35.2 Å². The molecule has 0 saturated carbocycles. The van der Waals surface area contributed by atoms with Crippen LogP contribution in [0.4, 0.5) is 27.6 Å². The maximum Gasteiger partial charge on any atom is 0.422 e. The third-order valence-corrected chi connectivity index (χ3v) is 8.78. The van der Waals surface area contributed by atoms with E-state index in [1.807, 2.05) is 0 Å². The zero-order valence-corrected chi connectivity index (χ0v) is 19.6. The van der Waals surface area contributed by atoms with Gasteiger partial charge in [-0.3, -0.25) is 4.79 Å². The number of hydrogen-bond donors (Lipinski definition) is 1. The number of carboxylic acids is 1. The van der Waals surface area contributed by atoms with Gasteiger partial charge in [-0.15, -0.1) is 0 Å². The van der Waals surface area contributed by atoms with Crippen LogP contribution in [0.3, 0.4) is 0 Å². The minimum Gasteiger partial charge on any atom is -0.481 e. The molecule has 1 N–H and O–H groups in total. The maximum absolute atomic E-state index is 14.1. The number of nitrogens with zero attached hydrogens (tertiary/aromatic N) is 2. The van der Waals surface area contributed by atoms with E-state index < -0.39 is 57.4 Å². The number of halogens is 5. The summed E-state index contributed by atoms with van der Waals surface area (Å²) < 4.78 is 95.6. The summed E-state index contributed by atoms with van der Waals surface area (Å²) in [5.41, 5.74) is -0.962. The normalized spacial score (nSPS) is 23.4. The lowest BCUT2D eigenvalue weighted by Crippen LogP contribution is -2.58. The van der Waals surface area contributed by atoms with Crippen molar-refractivity contribution in [3.8, 4) is 0 Å². The van der Waals surface area contributed by atoms with Gasteiger partial charge in [0.2, 0.25) is 10.0 Å². The largest absolute Gasteiger partial charge is 0.481 e. The highest BCUT2D eigenvalue weighted by Gasteiger charge is 2.42. The monoisotopic (exact) mass is 518 g/mol. The third-order valence-electron chi connectivity index (χ3n) is 6.57. The minimum absolute atomic E-state index is 0.0133. The van der Waals surface area contributed by atoms with E-state index in [1.54, 1.807) is 26.0 Å². The molecule has 1 saturated heterocycles. The molecular formula is C23H23F5N2O4S. The Bertz CT molecular complexity index is 1250. The van der Waals surface area contributed by atoms with E-state index in [1.165, 1.54) is 15.3 Å². The molecule has 190 valence electrons. The van der Waals surface area contributed by atoms with E-state index in [4.69, 9.17) is 0 Å². The second kappa shape index (κ2) is 8.74. The summed E-state index contributed by atoms with van der Waals surface area (Å²) in [6.45, 7) is 3.17. The molecule has 4 rings (SSSR count). The van der Waals surface area contributed by atoms with Gasteiger partial charge in [0, 0.05) is 30.9 Å². The average molecular weight is 519 g/mol. The number of sulfonamides is 1. The van der Waals surface area contributed by atoms with Crippen LogP contribution in [-0.4, -0.2) is 49.0 Å². The fraction of sp³-hybridized carbons (Fsp3) is 0.435. The molecule has 3 atom stereocenters. The average Bonchev–Trinajstić information content (AvgIpc) is 3.16. The first-order valence-corrected chi connectivity index (χ1v) is 12.3. The van der Waals surface area contributed by atoms with Crippen LogP contribution in [-0.2, 0) is 33.8 Å². The minimum atomic E-state index is -5.18. The Kier molecular flexibility index (Phi) is 6.33. The molecule has 2 aromatic rings. The lowest BCUT2D eigenvalue weighted by Gasteiger charge is -2.44. The van der Waals surface area contributed by atoms with Gasteiger partial charge in [-0.1, -0.05) is 12.1 Å². The predicted octanol–water partition coefficient (Wildman–Crippen LogP) is 4.07. The smallest absolute Gasteiger partial charge is 0.422 e. The standard InChI is InChI=1S/C23H23F5N2O4S/c1-12-10-29(16-8-18(24)21(19(25)9-16)23(26,27)28)11-13(2)30(12)35(33,34)20-5-3-4-14-6-15(22(31)32)7-17(14)20/h3-5,8-9,12-13,15H,6-7,10-11H2,1-2H3,(H,31,32). The number of rotatable bonds is 4. The van der Waals surface area contributed by atoms with Gasteiger partial charge in [0.25, 0.3) is 0 Å². The van der Waals surface area contributed by atoms with Crippen LogP contribution < -0.4 is 4.90 Å². The Labute approximate surface area is 199 Å². The van der Waals surface area contributed by atoms with Crippen molar-refractivity contribution >= 4 is 21.7 Å². The van der Waals surface area contributed by atoms with E-state index in [0.29, 0.717) is 23.3 Å². The molecule has 1 heterocycles.